The fourth-order valence-electron chi connectivity index (χ4n) is 3.36. The topological polar surface area (TPSA) is 84.3 Å². The average Bonchev–Trinajstić information content (AvgIpc) is 2.72. The first-order valence-electron chi connectivity index (χ1n) is 10.1. The highest BCUT2D eigenvalue weighted by Crippen LogP contribution is 2.31. The van der Waals surface area contributed by atoms with Crippen molar-refractivity contribution in [3.8, 4) is 17.0 Å². The molecular weight excluding hydrogens is 484 g/mol. The molecule has 1 aliphatic carbocycles. The van der Waals surface area contributed by atoms with Crippen LogP contribution in [0.3, 0.4) is 0 Å². The van der Waals surface area contributed by atoms with Crippen molar-refractivity contribution in [1.82, 2.24) is 9.97 Å². The van der Waals surface area contributed by atoms with Gasteiger partial charge in [0.1, 0.15) is 35.1 Å². The van der Waals surface area contributed by atoms with Crippen LogP contribution in [0.2, 0.25) is 0 Å². The molecule has 0 bridgehead atoms. The van der Waals surface area contributed by atoms with E-state index in [0.29, 0.717) is 27.3 Å². The molecule has 0 saturated heterocycles. The smallest absolute Gasteiger partial charge is 0.339 e. The van der Waals surface area contributed by atoms with Crippen LogP contribution in [0.25, 0.3) is 11.3 Å². The minimum absolute atomic E-state index is 0.00276. The quantitative estimate of drug-likeness (QED) is 0.424. The predicted molar refractivity (Wildman–Crippen MR) is 119 cm³/mol. The maximum Gasteiger partial charge on any atom is 0.339 e. The maximum absolute atomic E-state index is 14.0. The van der Waals surface area contributed by atoms with Crippen LogP contribution in [-0.2, 0) is 6.42 Å². The Balaban J connectivity index is 1.49. The molecule has 0 spiro atoms. The number of aromatic carboxylic acids is 1. The highest BCUT2D eigenvalue weighted by molar-refractivity contribution is 9.10. The number of anilines is 1. The zero-order valence-electron chi connectivity index (χ0n) is 16.9. The number of carboxylic acids is 1. The number of benzene rings is 2. The van der Waals surface area contributed by atoms with Gasteiger partial charge in [-0.15, -0.1) is 0 Å². The summed E-state index contributed by atoms with van der Waals surface area (Å²) >= 11 is 3.07. The standard InChI is InChI=1S/C23H20BrF2N3O3/c24-14-9-18(25)16(19(26)10-14)6-7-27-22-11-20(28-12-29-22)13-4-5-17(23(30)31)21(8-13)32-15-2-1-3-15/h4-5,8-12,15H,1-3,6-7H2,(H,30,31)(H,27,28,29). The van der Waals surface area contributed by atoms with Crippen LogP contribution in [0.4, 0.5) is 14.6 Å². The van der Waals surface area contributed by atoms with Crippen molar-refractivity contribution in [1.29, 1.82) is 0 Å². The largest absolute Gasteiger partial charge is 0.490 e. The molecule has 3 aromatic rings. The Morgan fingerprint density at radius 3 is 2.56 bits per heavy atom. The number of halogens is 3. The number of ether oxygens (including phenoxy) is 1. The van der Waals surface area contributed by atoms with Crippen LogP contribution in [0, 0.1) is 11.6 Å². The highest BCUT2D eigenvalue weighted by atomic mass is 79.9. The van der Waals surface area contributed by atoms with E-state index in [-0.39, 0.29) is 30.2 Å². The van der Waals surface area contributed by atoms with Gasteiger partial charge in [-0.25, -0.2) is 23.5 Å². The van der Waals surface area contributed by atoms with Gasteiger partial charge in [0.25, 0.3) is 0 Å². The Labute approximate surface area is 191 Å². The van der Waals surface area contributed by atoms with E-state index in [1.54, 1.807) is 18.2 Å². The molecule has 1 heterocycles. The summed E-state index contributed by atoms with van der Waals surface area (Å²) in [5, 5.41) is 12.5. The van der Waals surface area contributed by atoms with Crippen molar-refractivity contribution >= 4 is 27.7 Å². The number of nitrogens with zero attached hydrogens (tertiary/aromatic N) is 2. The lowest BCUT2D eigenvalue weighted by Crippen LogP contribution is -2.25. The fourth-order valence-corrected chi connectivity index (χ4v) is 3.76. The fraction of sp³-hybridized carbons (Fsp3) is 0.261. The van der Waals surface area contributed by atoms with Crippen molar-refractivity contribution in [2.24, 2.45) is 0 Å². The lowest BCUT2D eigenvalue weighted by Gasteiger charge is -2.27. The first kappa shape index (κ1) is 22.1. The molecule has 1 aromatic heterocycles. The number of carbonyl (C=O) groups is 1. The summed E-state index contributed by atoms with van der Waals surface area (Å²) in [6.45, 7) is 0.264. The van der Waals surface area contributed by atoms with Crippen molar-refractivity contribution in [3.63, 3.8) is 0 Å². The maximum atomic E-state index is 14.0. The molecule has 4 rings (SSSR count). The van der Waals surface area contributed by atoms with E-state index in [9.17, 15) is 18.7 Å². The van der Waals surface area contributed by atoms with Crippen LogP contribution < -0.4 is 10.1 Å². The van der Waals surface area contributed by atoms with Crippen LogP contribution in [0.5, 0.6) is 5.75 Å². The molecule has 0 radical (unpaired) electrons. The Morgan fingerprint density at radius 2 is 1.91 bits per heavy atom. The van der Waals surface area contributed by atoms with E-state index < -0.39 is 17.6 Å². The Kier molecular flexibility index (Phi) is 6.64. The minimum atomic E-state index is -1.05. The summed E-state index contributed by atoms with van der Waals surface area (Å²) in [7, 11) is 0. The van der Waals surface area contributed by atoms with Crippen LogP contribution in [0.1, 0.15) is 35.2 Å². The van der Waals surface area contributed by atoms with Gasteiger partial charge in [0.2, 0.25) is 0 Å². The number of aromatic nitrogens is 2. The van der Waals surface area contributed by atoms with Gasteiger partial charge >= 0.3 is 5.97 Å². The lowest BCUT2D eigenvalue weighted by atomic mass is 9.96. The minimum Gasteiger partial charge on any atom is -0.490 e. The normalized spacial score (nSPS) is 13.5. The SMILES string of the molecule is O=C(O)c1ccc(-c2cc(NCCc3c(F)cc(Br)cc3F)ncn2)cc1OC1CCC1. The second kappa shape index (κ2) is 9.60. The summed E-state index contributed by atoms with van der Waals surface area (Å²) < 4.78 is 34.2. The van der Waals surface area contributed by atoms with Crippen molar-refractivity contribution < 1.29 is 23.4 Å². The molecule has 0 aliphatic heterocycles. The van der Waals surface area contributed by atoms with Gasteiger partial charge in [0.05, 0.1) is 11.8 Å². The van der Waals surface area contributed by atoms with E-state index in [1.165, 1.54) is 24.5 Å². The molecule has 32 heavy (non-hydrogen) atoms. The molecule has 0 amide bonds. The van der Waals surface area contributed by atoms with Crippen molar-refractivity contribution in [2.75, 3.05) is 11.9 Å². The van der Waals surface area contributed by atoms with Gasteiger partial charge < -0.3 is 15.2 Å². The van der Waals surface area contributed by atoms with Gasteiger partial charge in [0.15, 0.2) is 0 Å². The highest BCUT2D eigenvalue weighted by Gasteiger charge is 2.22. The van der Waals surface area contributed by atoms with Gasteiger partial charge in [-0.1, -0.05) is 22.0 Å². The number of nitrogens with one attached hydrogen (secondary N) is 1. The van der Waals surface area contributed by atoms with Crippen LogP contribution in [-0.4, -0.2) is 33.7 Å². The summed E-state index contributed by atoms with van der Waals surface area (Å²) in [5.41, 5.74) is 1.35. The molecule has 2 N–H and O–H groups in total. The van der Waals surface area contributed by atoms with Gasteiger partial charge in [-0.05, 0) is 49.9 Å². The van der Waals surface area contributed by atoms with E-state index in [1.807, 2.05) is 0 Å². The van der Waals surface area contributed by atoms with Gasteiger partial charge in [-0.3, -0.25) is 0 Å². The second-order valence-corrected chi connectivity index (χ2v) is 8.42. The average molecular weight is 504 g/mol. The number of hydrogen-bond acceptors (Lipinski definition) is 5. The molecule has 1 saturated carbocycles. The molecule has 6 nitrogen and oxygen atoms in total. The Morgan fingerprint density at radius 1 is 1.16 bits per heavy atom. The number of hydrogen-bond donors (Lipinski definition) is 2. The first-order valence-corrected chi connectivity index (χ1v) is 10.9. The molecule has 166 valence electrons. The lowest BCUT2D eigenvalue weighted by molar-refractivity contribution is 0.0680. The molecule has 9 heteroatoms. The van der Waals surface area contributed by atoms with E-state index in [4.69, 9.17) is 4.74 Å². The third-order valence-electron chi connectivity index (χ3n) is 5.31. The van der Waals surface area contributed by atoms with E-state index >= 15 is 0 Å². The molecule has 1 fully saturated rings. The third-order valence-corrected chi connectivity index (χ3v) is 5.77. The van der Waals surface area contributed by atoms with Crippen LogP contribution in [0.15, 0.2) is 47.2 Å². The van der Waals surface area contributed by atoms with E-state index in [0.717, 1.165) is 19.3 Å². The Bertz CT molecular complexity index is 1130. The second-order valence-electron chi connectivity index (χ2n) is 7.50. The molecule has 2 aromatic carbocycles. The Hall–Kier alpha value is -3.07. The monoisotopic (exact) mass is 503 g/mol. The number of rotatable bonds is 8. The van der Waals surface area contributed by atoms with Crippen molar-refractivity contribution in [2.45, 2.75) is 31.8 Å². The molecular formula is C23H20BrF2N3O3. The number of carboxylic acid groups (broad SMARTS) is 1. The van der Waals surface area contributed by atoms with Crippen LogP contribution >= 0.6 is 15.9 Å². The third kappa shape index (κ3) is 5.04. The zero-order chi connectivity index (χ0) is 22.7. The van der Waals surface area contributed by atoms with Crippen molar-refractivity contribution in [3.05, 3.63) is 70.0 Å². The first-order chi connectivity index (χ1) is 15.4. The van der Waals surface area contributed by atoms with Gasteiger partial charge in [0, 0.05) is 28.2 Å². The summed E-state index contributed by atoms with van der Waals surface area (Å²) in [4.78, 5) is 20.0. The van der Waals surface area contributed by atoms with E-state index in [2.05, 4.69) is 31.2 Å². The molecule has 1 aliphatic rings. The summed E-state index contributed by atoms with van der Waals surface area (Å²) in [6, 6.07) is 8.98. The predicted octanol–water partition coefficient (Wildman–Crippen LogP) is 5.47. The van der Waals surface area contributed by atoms with Gasteiger partial charge in [-0.2, -0.15) is 0 Å². The zero-order valence-corrected chi connectivity index (χ0v) is 18.5. The molecule has 0 atom stereocenters. The summed E-state index contributed by atoms with van der Waals surface area (Å²) in [5.74, 6) is -1.48. The molecule has 0 unspecified atom stereocenters. The summed E-state index contributed by atoms with van der Waals surface area (Å²) in [6.07, 6.45) is 4.43.